The molecular formula is C5H8N4O2. The van der Waals surface area contributed by atoms with Crippen molar-refractivity contribution in [3.05, 3.63) is 21.0 Å². The Morgan fingerprint density at radius 2 is 2.18 bits per heavy atom. The third-order valence-corrected chi connectivity index (χ3v) is 1.27. The molecule has 6 heteroatoms. The molecule has 0 spiro atoms. The molecular weight excluding hydrogens is 148 g/mol. The molecule has 0 amide bonds. The zero-order chi connectivity index (χ0) is 8.43. The Morgan fingerprint density at radius 3 is 2.73 bits per heavy atom. The van der Waals surface area contributed by atoms with Gasteiger partial charge in [-0.3, -0.25) is 9.55 Å². The zero-order valence-corrected chi connectivity index (χ0v) is 6.21. The van der Waals surface area contributed by atoms with E-state index in [-0.39, 0.29) is 5.95 Å². The second kappa shape index (κ2) is 2.57. The third kappa shape index (κ3) is 1.28. The SMILES string of the molecule is CNc1nc(=O)[nH]c(=O)n1C. The van der Waals surface area contributed by atoms with Crippen LogP contribution in [0.3, 0.4) is 0 Å². The summed E-state index contributed by atoms with van der Waals surface area (Å²) in [4.78, 5) is 27.0. The van der Waals surface area contributed by atoms with Gasteiger partial charge in [-0.1, -0.05) is 0 Å². The molecule has 0 aliphatic carbocycles. The maximum Gasteiger partial charge on any atom is 0.352 e. The fraction of sp³-hybridized carbons (Fsp3) is 0.400. The van der Waals surface area contributed by atoms with Gasteiger partial charge in [-0.25, -0.2) is 9.59 Å². The standard InChI is InChI=1S/C5H8N4O2/c1-6-3-7-4(10)8-5(11)9(3)2/h1-2H3,(H2,6,7,8,10,11). The van der Waals surface area contributed by atoms with E-state index in [1.165, 1.54) is 11.6 Å². The van der Waals surface area contributed by atoms with E-state index in [2.05, 4.69) is 10.3 Å². The van der Waals surface area contributed by atoms with E-state index in [0.29, 0.717) is 0 Å². The highest BCUT2D eigenvalue weighted by Crippen LogP contribution is 1.87. The van der Waals surface area contributed by atoms with Gasteiger partial charge in [-0.05, 0) is 0 Å². The largest absolute Gasteiger partial charge is 0.358 e. The van der Waals surface area contributed by atoms with Crippen LogP contribution in [0.1, 0.15) is 0 Å². The van der Waals surface area contributed by atoms with Gasteiger partial charge in [0.1, 0.15) is 0 Å². The van der Waals surface area contributed by atoms with Crippen molar-refractivity contribution in [2.45, 2.75) is 0 Å². The van der Waals surface area contributed by atoms with Crippen LogP contribution in [0.25, 0.3) is 0 Å². The molecule has 1 rings (SSSR count). The fourth-order valence-corrected chi connectivity index (χ4v) is 0.694. The number of aromatic amines is 1. The first-order valence-electron chi connectivity index (χ1n) is 3.00. The number of aromatic nitrogens is 3. The lowest BCUT2D eigenvalue weighted by Gasteiger charge is -2.01. The van der Waals surface area contributed by atoms with Crippen molar-refractivity contribution in [2.75, 3.05) is 12.4 Å². The highest BCUT2D eigenvalue weighted by molar-refractivity contribution is 5.20. The monoisotopic (exact) mass is 156 g/mol. The summed E-state index contributed by atoms with van der Waals surface area (Å²) in [5.41, 5.74) is -1.12. The normalized spacial score (nSPS) is 9.64. The van der Waals surface area contributed by atoms with Crippen molar-refractivity contribution in [3.8, 4) is 0 Å². The Bertz CT molecular complexity index is 363. The van der Waals surface area contributed by atoms with E-state index in [4.69, 9.17) is 0 Å². The van der Waals surface area contributed by atoms with Gasteiger partial charge in [0, 0.05) is 14.1 Å². The minimum atomic E-state index is -0.641. The van der Waals surface area contributed by atoms with Gasteiger partial charge in [0.15, 0.2) is 0 Å². The first kappa shape index (κ1) is 7.52. The Labute approximate surface area is 61.9 Å². The van der Waals surface area contributed by atoms with Crippen LogP contribution in [0.2, 0.25) is 0 Å². The molecule has 60 valence electrons. The molecule has 0 aliphatic rings. The maximum atomic E-state index is 10.8. The summed E-state index contributed by atoms with van der Waals surface area (Å²) in [5, 5.41) is 2.61. The average Bonchev–Trinajstić information content (AvgIpc) is 1.96. The fourth-order valence-electron chi connectivity index (χ4n) is 0.694. The smallest absolute Gasteiger partial charge is 0.352 e. The number of anilines is 1. The molecule has 0 aromatic carbocycles. The van der Waals surface area contributed by atoms with Gasteiger partial charge in [-0.15, -0.1) is 0 Å². The molecule has 0 saturated heterocycles. The van der Waals surface area contributed by atoms with E-state index in [9.17, 15) is 9.59 Å². The second-order valence-electron chi connectivity index (χ2n) is 1.98. The van der Waals surface area contributed by atoms with Crippen molar-refractivity contribution < 1.29 is 0 Å². The topological polar surface area (TPSA) is 79.8 Å². The van der Waals surface area contributed by atoms with Crippen LogP contribution in [-0.4, -0.2) is 21.6 Å². The van der Waals surface area contributed by atoms with Crippen LogP contribution in [0.15, 0.2) is 9.59 Å². The molecule has 0 radical (unpaired) electrons. The number of rotatable bonds is 1. The minimum absolute atomic E-state index is 0.249. The molecule has 0 bridgehead atoms. The molecule has 0 aliphatic heterocycles. The molecule has 6 nitrogen and oxygen atoms in total. The van der Waals surface area contributed by atoms with Crippen LogP contribution in [-0.2, 0) is 7.05 Å². The van der Waals surface area contributed by atoms with Crippen LogP contribution < -0.4 is 16.7 Å². The van der Waals surface area contributed by atoms with Gasteiger partial charge in [-0.2, -0.15) is 4.98 Å². The molecule has 2 N–H and O–H groups in total. The minimum Gasteiger partial charge on any atom is -0.358 e. The number of nitrogens with zero attached hydrogens (tertiary/aromatic N) is 2. The van der Waals surface area contributed by atoms with Crippen LogP contribution in [0, 0.1) is 0 Å². The molecule has 0 saturated carbocycles. The van der Waals surface area contributed by atoms with Crippen LogP contribution in [0.5, 0.6) is 0 Å². The Morgan fingerprint density at radius 1 is 1.55 bits per heavy atom. The summed E-state index contributed by atoms with van der Waals surface area (Å²) in [7, 11) is 3.10. The predicted octanol–water partition coefficient (Wildman–Crippen LogP) is -1.49. The first-order valence-corrected chi connectivity index (χ1v) is 3.00. The highest BCUT2D eigenvalue weighted by atomic mass is 16.2. The maximum absolute atomic E-state index is 10.8. The van der Waals surface area contributed by atoms with Crippen molar-refractivity contribution in [1.82, 2.24) is 14.5 Å². The average molecular weight is 156 g/mol. The van der Waals surface area contributed by atoms with Gasteiger partial charge >= 0.3 is 11.4 Å². The quantitative estimate of drug-likeness (QED) is 0.519. The lowest BCUT2D eigenvalue weighted by atomic mass is 10.8. The Kier molecular flexibility index (Phi) is 1.75. The van der Waals surface area contributed by atoms with Crippen molar-refractivity contribution in [3.63, 3.8) is 0 Å². The highest BCUT2D eigenvalue weighted by Gasteiger charge is 1.98. The first-order chi connectivity index (χ1) is 5.15. The Hall–Kier alpha value is -1.59. The van der Waals surface area contributed by atoms with Gasteiger partial charge in [0.2, 0.25) is 5.95 Å². The summed E-state index contributed by atoms with van der Waals surface area (Å²) < 4.78 is 1.21. The lowest BCUT2D eigenvalue weighted by Crippen LogP contribution is -2.32. The van der Waals surface area contributed by atoms with Crippen molar-refractivity contribution in [1.29, 1.82) is 0 Å². The molecule has 0 atom stereocenters. The molecule has 1 aromatic heterocycles. The van der Waals surface area contributed by atoms with E-state index in [1.54, 1.807) is 7.05 Å². The van der Waals surface area contributed by atoms with Crippen LogP contribution >= 0.6 is 0 Å². The number of H-pyrrole nitrogens is 1. The number of hydrogen-bond acceptors (Lipinski definition) is 4. The van der Waals surface area contributed by atoms with Gasteiger partial charge in [0.25, 0.3) is 0 Å². The second-order valence-corrected chi connectivity index (χ2v) is 1.98. The van der Waals surface area contributed by atoms with E-state index in [0.717, 1.165) is 0 Å². The van der Waals surface area contributed by atoms with Crippen molar-refractivity contribution in [2.24, 2.45) is 7.05 Å². The summed E-state index contributed by atoms with van der Waals surface area (Å²) >= 11 is 0. The third-order valence-electron chi connectivity index (χ3n) is 1.27. The summed E-state index contributed by atoms with van der Waals surface area (Å²) in [6.45, 7) is 0. The predicted molar refractivity (Wildman–Crippen MR) is 39.6 cm³/mol. The van der Waals surface area contributed by atoms with Gasteiger partial charge in [0.05, 0.1) is 0 Å². The number of nitrogens with one attached hydrogen (secondary N) is 2. The number of hydrogen-bond donors (Lipinski definition) is 2. The van der Waals surface area contributed by atoms with E-state index >= 15 is 0 Å². The molecule has 1 aromatic rings. The summed E-state index contributed by atoms with van der Waals surface area (Å²) in [5.74, 6) is 0.249. The molecule has 0 unspecified atom stereocenters. The zero-order valence-electron chi connectivity index (χ0n) is 6.21. The van der Waals surface area contributed by atoms with Crippen molar-refractivity contribution >= 4 is 5.95 Å². The lowest BCUT2D eigenvalue weighted by molar-refractivity contribution is 0.763. The Balaban J connectivity index is 3.49. The van der Waals surface area contributed by atoms with Gasteiger partial charge < -0.3 is 5.32 Å². The molecule has 0 fully saturated rings. The molecule has 11 heavy (non-hydrogen) atoms. The van der Waals surface area contributed by atoms with Crippen LogP contribution in [0.4, 0.5) is 5.95 Å². The summed E-state index contributed by atoms with van der Waals surface area (Å²) in [6, 6.07) is 0. The summed E-state index contributed by atoms with van der Waals surface area (Å²) in [6.07, 6.45) is 0. The molecule has 1 heterocycles. The van der Waals surface area contributed by atoms with E-state index < -0.39 is 11.4 Å². The van der Waals surface area contributed by atoms with E-state index in [1.807, 2.05) is 4.98 Å².